The van der Waals surface area contributed by atoms with E-state index < -0.39 is 0 Å². The standard InChI is InChI=1S/C24H23N3O3S/c1-5-16-6-8-17(9-7-16)21-14-31-24(27-21)18(12-25)13-26-20-11-23(30-4)22(29-3)10-19(20)15(2)28/h6-11,13-14,26H,5H2,1-4H3/b18-13+. The van der Waals surface area contributed by atoms with Gasteiger partial charge in [-0.15, -0.1) is 11.3 Å². The van der Waals surface area contributed by atoms with Crippen molar-refractivity contribution in [3.8, 4) is 28.8 Å². The van der Waals surface area contributed by atoms with Crippen molar-refractivity contribution in [2.45, 2.75) is 20.3 Å². The van der Waals surface area contributed by atoms with Crippen LogP contribution in [0.1, 0.15) is 34.8 Å². The number of hydrogen-bond donors (Lipinski definition) is 1. The Kier molecular flexibility index (Phi) is 7.06. The van der Waals surface area contributed by atoms with Crippen molar-refractivity contribution >= 4 is 28.4 Å². The Balaban J connectivity index is 1.90. The maximum atomic E-state index is 12.1. The third-order valence-corrected chi connectivity index (χ3v) is 5.66. The molecule has 0 saturated carbocycles. The number of methoxy groups -OCH3 is 2. The van der Waals surface area contributed by atoms with E-state index in [4.69, 9.17) is 9.47 Å². The minimum atomic E-state index is -0.137. The molecule has 0 bridgehead atoms. The maximum absolute atomic E-state index is 12.1. The van der Waals surface area contributed by atoms with Crippen LogP contribution in [0.15, 0.2) is 48.0 Å². The Hall–Kier alpha value is -3.63. The largest absolute Gasteiger partial charge is 0.493 e. The van der Waals surface area contributed by atoms with Gasteiger partial charge >= 0.3 is 0 Å². The fourth-order valence-corrected chi connectivity index (χ4v) is 3.82. The van der Waals surface area contributed by atoms with Crippen LogP contribution in [0.5, 0.6) is 11.5 Å². The van der Waals surface area contributed by atoms with Gasteiger partial charge in [0.2, 0.25) is 0 Å². The van der Waals surface area contributed by atoms with Crippen molar-refractivity contribution in [2.75, 3.05) is 19.5 Å². The molecule has 0 aliphatic heterocycles. The average Bonchev–Trinajstić information content (AvgIpc) is 3.29. The molecular weight excluding hydrogens is 410 g/mol. The lowest BCUT2D eigenvalue weighted by atomic mass is 10.1. The van der Waals surface area contributed by atoms with Gasteiger partial charge in [-0.2, -0.15) is 5.26 Å². The number of anilines is 1. The minimum absolute atomic E-state index is 0.137. The molecule has 0 saturated heterocycles. The molecule has 6 nitrogen and oxygen atoms in total. The monoisotopic (exact) mass is 433 g/mol. The third-order valence-electron chi connectivity index (χ3n) is 4.79. The van der Waals surface area contributed by atoms with Gasteiger partial charge in [0.1, 0.15) is 16.6 Å². The van der Waals surface area contributed by atoms with Crippen LogP contribution in [0.3, 0.4) is 0 Å². The van der Waals surface area contributed by atoms with E-state index in [-0.39, 0.29) is 5.78 Å². The first kappa shape index (κ1) is 22.1. The summed E-state index contributed by atoms with van der Waals surface area (Å²) in [6.45, 7) is 3.58. The highest BCUT2D eigenvalue weighted by molar-refractivity contribution is 7.11. The van der Waals surface area contributed by atoms with Gasteiger partial charge < -0.3 is 14.8 Å². The summed E-state index contributed by atoms with van der Waals surface area (Å²) in [4.78, 5) is 16.7. The Morgan fingerprint density at radius 3 is 2.45 bits per heavy atom. The predicted molar refractivity (Wildman–Crippen MR) is 124 cm³/mol. The molecule has 0 aliphatic rings. The highest BCUT2D eigenvalue weighted by atomic mass is 32.1. The predicted octanol–water partition coefficient (Wildman–Crippen LogP) is 5.57. The number of benzene rings is 2. The number of rotatable bonds is 8. The van der Waals surface area contributed by atoms with Crippen molar-refractivity contribution in [1.29, 1.82) is 5.26 Å². The molecule has 7 heteroatoms. The summed E-state index contributed by atoms with van der Waals surface area (Å²) < 4.78 is 10.6. The first-order valence-electron chi connectivity index (χ1n) is 9.69. The van der Waals surface area contributed by atoms with E-state index in [9.17, 15) is 10.1 Å². The van der Waals surface area contributed by atoms with E-state index in [1.165, 1.54) is 38.0 Å². The van der Waals surface area contributed by atoms with Gasteiger partial charge in [-0.05, 0) is 25.0 Å². The van der Waals surface area contributed by atoms with E-state index in [1.807, 2.05) is 17.5 Å². The van der Waals surface area contributed by atoms with Gasteiger partial charge in [0.25, 0.3) is 0 Å². The van der Waals surface area contributed by atoms with Gasteiger partial charge in [-0.3, -0.25) is 4.79 Å². The normalized spacial score (nSPS) is 11.0. The van der Waals surface area contributed by atoms with E-state index >= 15 is 0 Å². The number of carbonyl (C=O) groups is 1. The third kappa shape index (κ3) is 4.93. The van der Waals surface area contributed by atoms with Crippen LogP contribution in [0, 0.1) is 11.3 Å². The van der Waals surface area contributed by atoms with E-state index in [1.54, 1.807) is 18.3 Å². The zero-order valence-corrected chi connectivity index (χ0v) is 18.7. The van der Waals surface area contributed by atoms with Crippen molar-refractivity contribution in [3.05, 3.63) is 64.1 Å². The Morgan fingerprint density at radius 2 is 1.87 bits per heavy atom. The van der Waals surface area contributed by atoms with E-state index in [0.29, 0.717) is 33.3 Å². The number of nitrogens with zero attached hydrogens (tertiary/aromatic N) is 2. The summed E-state index contributed by atoms with van der Waals surface area (Å²) in [6.07, 6.45) is 2.53. The van der Waals surface area contributed by atoms with Crippen molar-refractivity contribution in [2.24, 2.45) is 0 Å². The molecule has 0 amide bonds. The van der Waals surface area contributed by atoms with Crippen molar-refractivity contribution in [1.82, 2.24) is 4.98 Å². The minimum Gasteiger partial charge on any atom is -0.493 e. The number of allylic oxidation sites excluding steroid dienone is 1. The Labute approximate surface area is 185 Å². The quantitative estimate of drug-likeness (QED) is 0.369. The van der Waals surface area contributed by atoms with Gasteiger partial charge in [-0.1, -0.05) is 31.2 Å². The molecule has 0 atom stereocenters. The molecule has 3 aromatic rings. The van der Waals surface area contributed by atoms with Crippen molar-refractivity contribution in [3.63, 3.8) is 0 Å². The van der Waals surface area contributed by atoms with Gasteiger partial charge in [0.15, 0.2) is 17.3 Å². The lowest BCUT2D eigenvalue weighted by molar-refractivity contribution is 0.101. The number of ketones is 1. The number of aryl methyl sites for hydroxylation is 1. The molecule has 1 N–H and O–H groups in total. The average molecular weight is 434 g/mol. The van der Waals surface area contributed by atoms with Crippen LogP contribution in [0.2, 0.25) is 0 Å². The van der Waals surface area contributed by atoms with E-state index in [0.717, 1.165) is 17.7 Å². The van der Waals surface area contributed by atoms with Crippen LogP contribution in [-0.2, 0) is 6.42 Å². The number of Topliss-reactive ketones (excluding diaryl/α,β-unsaturated/α-hetero) is 1. The second kappa shape index (κ2) is 9.92. The lowest BCUT2D eigenvalue weighted by Gasteiger charge is -2.13. The molecule has 1 aromatic heterocycles. The van der Waals surface area contributed by atoms with Gasteiger partial charge in [0, 0.05) is 28.8 Å². The first-order valence-corrected chi connectivity index (χ1v) is 10.6. The molecule has 2 aromatic carbocycles. The molecule has 158 valence electrons. The number of thiazole rings is 1. The second-order valence-corrected chi connectivity index (χ2v) is 7.57. The summed E-state index contributed by atoms with van der Waals surface area (Å²) in [5, 5.41) is 15.2. The topological polar surface area (TPSA) is 84.2 Å². The van der Waals surface area contributed by atoms with Crippen LogP contribution in [0.4, 0.5) is 5.69 Å². The molecule has 0 radical (unpaired) electrons. The lowest BCUT2D eigenvalue weighted by Crippen LogP contribution is -2.03. The molecule has 0 fully saturated rings. The van der Waals surface area contributed by atoms with Crippen LogP contribution < -0.4 is 14.8 Å². The summed E-state index contributed by atoms with van der Waals surface area (Å²) in [7, 11) is 3.04. The van der Waals surface area contributed by atoms with Crippen LogP contribution in [0.25, 0.3) is 16.8 Å². The SMILES string of the molecule is CCc1ccc(-c2csc(/C(C#N)=C/Nc3cc(OC)c(OC)cc3C(C)=O)n2)cc1. The smallest absolute Gasteiger partial charge is 0.162 e. The molecule has 1 heterocycles. The van der Waals surface area contributed by atoms with Gasteiger partial charge in [-0.25, -0.2) is 4.98 Å². The number of hydrogen-bond acceptors (Lipinski definition) is 7. The zero-order valence-electron chi connectivity index (χ0n) is 17.9. The second-order valence-electron chi connectivity index (χ2n) is 6.71. The highest BCUT2D eigenvalue weighted by Crippen LogP contribution is 2.34. The highest BCUT2D eigenvalue weighted by Gasteiger charge is 2.15. The van der Waals surface area contributed by atoms with Crippen molar-refractivity contribution < 1.29 is 14.3 Å². The maximum Gasteiger partial charge on any atom is 0.162 e. The molecule has 0 aliphatic carbocycles. The Morgan fingerprint density at radius 1 is 1.19 bits per heavy atom. The fourth-order valence-electron chi connectivity index (χ4n) is 3.02. The molecule has 3 rings (SSSR count). The van der Waals surface area contributed by atoms with Crippen LogP contribution in [-0.4, -0.2) is 25.0 Å². The number of carbonyl (C=O) groups excluding carboxylic acids is 1. The molecule has 0 spiro atoms. The van der Waals surface area contributed by atoms with Crippen LogP contribution >= 0.6 is 11.3 Å². The summed E-state index contributed by atoms with van der Waals surface area (Å²) in [6, 6.07) is 13.7. The molecule has 0 unspecified atom stereocenters. The number of nitrogens with one attached hydrogen (secondary N) is 1. The summed E-state index contributed by atoms with van der Waals surface area (Å²) in [5.74, 6) is 0.804. The number of aromatic nitrogens is 1. The van der Waals surface area contributed by atoms with E-state index in [2.05, 4.69) is 35.4 Å². The Bertz CT molecular complexity index is 1160. The number of ether oxygens (including phenoxy) is 2. The summed E-state index contributed by atoms with van der Waals surface area (Å²) >= 11 is 1.39. The molecule has 31 heavy (non-hydrogen) atoms. The molecular formula is C24H23N3O3S. The fraction of sp³-hybridized carbons (Fsp3) is 0.208. The van der Waals surface area contributed by atoms with Gasteiger partial charge in [0.05, 0.1) is 25.6 Å². The summed E-state index contributed by atoms with van der Waals surface area (Å²) in [5.41, 5.74) is 4.40. The number of nitriles is 1. The zero-order chi connectivity index (χ0) is 22.4. The first-order chi connectivity index (χ1) is 15.0.